The Balaban J connectivity index is 2.51. The summed E-state index contributed by atoms with van der Waals surface area (Å²) in [5.74, 6) is -0.948. The molecule has 1 amide bonds. The van der Waals surface area contributed by atoms with Gasteiger partial charge in [0.25, 0.3) is 0 Å². The molecular formula is C13H12ClNO3S. The van der Waals surface area contributed by atoms with Crippen molar-refractivity contribution in [3.63, 3.8) is 0 Å². The van der Waals surface area contributed by atoms with Crippen molar-refractivity contribution in [2.45, 2.75) is 6.92 Å². The summed E-state index contributed by atoms with van der Waals surface area (Å²) in [5, 5.41) is 3.48. The molecule has 0 aliphatic heterocycles. The van der Waals surface area contributed by atoms with Gasteiger partial charge in [0.05, 0.1) is 12.3 Å². The highest BCUT2D eigenvalue weighted by molar-refractivity contribution is 7.21. The number of carbonyl (C=O) groups excluding carboxylic acids is 2. The van der Waals surface area contributed by atoms with E-state index in [9.17, 15) is 9.59 Å². The van der Waals surface area contributed by atoms with Crippen LogP contribution < -0.4 is 5.32 Å². The number of halogens is 1. The number of ether oxygens (including phenoxy) is 1. The molecule has 19 heavy (non-hydrogen) atoms. The molecule has 0 saturated carbocycles. The summed E-state index contributed by atoms with van der Waals surface area (Å²) < 4.78 is 5.91. The number of benzene rings is 1. The van der Waals surface area contributed by atoms with Gasteiger partial charge in [0, 0.05) is 10.1 Å². The van der Waals surface area contributed by atoms with E-state index in [0.717, 1.165) is 10.1 Å². The number of carbonyl (C=O) groups is 2. The number of anilines is 1. The lowest BCUT2D eigenvalue weighted by atomic mass is 10.2. The van der Waals surface area contributed by atoms with Crippen molar-refractivity contribution < 1.29 is 14.3 Å². The van der Waals surface area contributed by atoms with Gasteiger partial charge in [-0.2, -0.15) is 0 Å². The van der Waals surface area contributed by atoms with Crippen LogP contribution in [0, 0.1) is 0 Å². The van der Waals surface area contributed by atoms with Crippen LogP contribution in [-0.4, -0.2) is 24.4 Å². The van der Waals surface area contributed by atoms with Gasteiger partial charge in [-0.3, -0.25) is 4.79 Å². The maximum absolute atomic E-state index is 11.9. The Bertz CT molecular complexity index is 623. The van der Waals surface area contributed by atoms with Gasteiger partial charge in [0.1, 0.15) is 10.8 Å². The quantitative estimate of drug-likeness (QED) is 0.696. The predicted octanol–water partition coefficient (Wildman–Crippen LogP) is 3.26. The van der Waals surface area contributed by atoms with Crippen molar-refractivity contribution in [3.05, 3.63) is 29.1 Å². The molecule has 0 aliphatic carbocycles. The SMILES string of the molecule is CCOC(=O)c1sc2ccccc2c1NC(=O)CCl. The first-order valence-corrected chi connectivity index (χ1v) is 7.07. The third-order valence-electron chi connectivity index (χ3n) is 2.44. The van der Waals surface area contributed by atoms with Crippen LogP contribution in [0.1, 0.15) is 16.6 Å². The summed E-state index contributed by atoms with van der Waals surface area (Å²) in [4.78, 5) is 23.8. The number of rotatable bonds is 4. The zero-order valence-corrected chi connectivity index (χ0v) is 11.8. The number of hydrogen-bond acceptors (Lipinski definition) is 4. The van der Waals surface area contributed by atoms with Gasteiger partial charge in [0.15, 0.2) is 0 Å². The van der Waals surface area contributed by atoms with Crippen LogP contribution in [0.3, 0.4) is 0 Å². The molecular weight excluding hydrogens is 286 g/mol. The van der Waals surface area contributed by atoms with Gasteiger partial charge in [-0.25, -0.2) is 4.79 Å². The van der Waals surface area contributed by atoms with Gasteiger partial charge < -0.3 is 10.1 Å². The van der Waals surface area contributed by atoms with E-state index < -0.39 is 5.97 Å². The van der Waals surface area contributed by atoms with Gasteiger partial charge >= 0.3 is 5.97 Å². The van der Waals surface area contributed by atoms with Gasteiger partial charge in [-0.05, 0) is 13.0 Å². The van der Waals surface area contributed by atoms with Crippen molar-refractivity contribution >= 4 is 50.6 Å². The second-order valence-electron chi connectivity index (χ2n) is 3.70. The number of thiophene rings is 1. The first-order valence-electron chi connectivity index (χ1n) is 5.71. The maximum atomic E-state index is 11.9. The Kier molecular flexibility index (Phi) is 4.39. The number of nitrogens with one attached hydrogen (secondary N) is 1. The smallest absolute Gasteiger partial charge is 0.350 e. The Morgan fingerprint density at radius 3 is 2.79 bits per heavy atom. The standard InChI is InChI=1S/C13H12ClNO3S/c1-2-18-13(17)12-11(15-10(16)7-14)8-5-3-4-6-9(8)19-12/h3-6H,2,7H2,1H3,(H,15,16). The molecule has 0 spiro atoms. The first kappa shape index (κ1) is 13.8. The molecule has 1 heterocycles. The van der Waals surface area contributed by atoms with Crippen molar-refractivity contribution in [1.29, 1.82) is 0 Å². The lowest BCUT2D eigenvalue weighted by molar-refractivity contribution is -0.113. The predicted molar refractivity (Wildman–Crippen MR) is 77.1 cm³/mol. The summed E-state index contributed by atoms with van der Waals surface area (Å²) in [5.41, 5.74) is 0.477. The summed E-state index contributed by atoms with van der Waals surface area (Å²) in [6.45, 7) is 2.03. The molecule has 6 heteroatoms. The largest absolute Gasteiger partial charge is 0.462 e. The molecule has 0 fully saturated rings. The van der Waals surface area contributed by atoms with Gasteiger partial charge in [-0.1, -0.05) is 18.2 Å². The monoisotopic (exact) mass is 297 g/mol. The Morgan fingerprint density at radius 2 is 2.11 bits per heavy atom. The Labute approximate surface area is 119 Å². The molecule has 0 aliphatic rings. The average molecular weight is 298 g/mol. The topological polar surface area (TPSA) is 55.4 Å². The van der Waals surface area contributed by atoms with E-state index in [0.29, 0.717) is 10.6 Å². The third-order valence-corrected chi connectivity index (χ3v) is 3.84. The zero-order valence-electron chi connectivity index (χ0n) is 10.2. The minimum absolute atomic E-state index is 0.160. The average Bonchev–Trinajstić information content (AvgIpc) is 2.78. The minimum atomic E-state index is -0.437. The summed E-state index contributed by atoms with van der Waals surface area (Å²) in [7, 11) is 0. The normalized spacial score (nSPS) is 10.4. The number of esters is 1. The fraction of sp³-hybridized carbons (Fsp3) is 0.231. The lowest BCUT2D eigenvalue weighted by Crippen LogP contribution is -2.15. The minimum Gasteiger partial charge on any atom is -0.462 e. The van der Waals surface area contributed by atoms with E-state index in [1.54, 1.807) is 6.92 Å². The number of alkyl halides is 1. The van der Waals surface area contributed by atoms with Crippen LogP contribution in [0.15, 0.2) is 24.3 Å². The Hall–Kier alpha value is -1.59. The van der Waals surface area contributed by atoms with E-state index in [-0.39, 0.29) is 18.4 Å². The second-order valence-corrected chi connectivity index (χ2v) is 5.02. The molecule has 0 atom stereocenters. The summed E-state index contributed by atoms with van der Waals surface area (Å²) in [6.07, 6.45) is 0. The van der Waals surface area contributed by atoms with E-state index in [1.165, 1.54) is 11.3 Å². The van der Waals surface area contributed by atoms with Crippen LogP contribution in [0.2, 0.25) is 0 Å². The molecule has 1 N–H and O–H groups in total. The molecule has 2 rings (SSSR count). The van der Waals surface area contributed by atoms with Crippen LogP contribution >= 0.6 is 22.9 Å². The van der Waals surface area contributed by atoms with Crippen LogP contribution in [-0.2, 0) is 9.53 Å². The van der Waals surface area contributed by atoms with Crippen molar-refractivity contribution in [3.8, 4) is 0 Å². The lowest BCUT2D eigenvalue weighted by Gasteiger charge is -2.05. The number of hydrogen-bond donors (Lipinski definition) is 1. The molecule has 1 aromatic heterocycles. The van der Waals surface area contributed by atoms with Crippen molar-refractivity contribution in [2.75, 3.05) is 17.8 Å². The first-order chi connectivity index (χ1) is 9.17. The zero-order chi connectivity index (χ0) is 13.8. The van der Waals surface area contributed by atoms with E-state index >= 15 is 0 Å². The molecule has 0 saturated heterocycles. The van der Waals surface area contributed by atoms with Gasteiger partial charge in [0.2, 0.25) is 5.91 Å². The van der Waals surface area contributed by atoms with E-state index in [2.05, 4.69) is 5.32 Å². The van der Waals surface area contributed by atoms with Crippen LogP contribution in [0.25, 0.3) is 10.1 Å². The molecule has 100 valence electrons. The van der Waals surface area contributed by atoms with Gasteiger partial charge in [-0.15, -0.1) is 22.9 Å². The number of amides is 1. The second kappa shape index (κ2) is 6.04. The third kappa shape index (κ3) is 2.88. The Morgan fingerprint density at radius 1 is 1.37 bits per heavy atom. The molecule has 0 bridgehead atoms. The fourth-order valence-corrected chi connectivity index (χ4v) is 2.80. The fourth-order valence-electron chi connectivity index (χ4n) is 1.68. The highest BCUT2D eigenvalue weighted by atomic mass is 35.5. The summed E-state index contributed by atoms with van der Waals surface area (Å²) >= 11 is 6.78. The molecule has 0 radical (unpaired) electrons. The molecule has 2 aromatic rings. The maximum Gasteiger partial charge on any atom is 0.350 e. The van der Waals surface area contributed by atoms with Crippen LogP contribution in [0.5, 0.6) is 0 Å². The van der Waals surface area contributed by atoms with E-state index in [4.69, 9.17) is 16.3 Å². The highest BCUT2D eigenvalue weighted by Gasteiger charge is 2.20. The van der Waals surface area contributed by atoms with Crippen LogP contribution in [0.4, 0.5) is 5.69 Å². The van der Waals surface area contributed by atoms with Crippen molar-refractivity contribution in [2.24, 2.45) is 0 Å². The molecule has 1 aromatic carbocycles. The molecule has 0 unspecified atom stereocenters. The van der Waals surface area contributed by atoms with E-state index in [1.807, 2.05) is 24.3 Å². The van der Waals surface area contributed by atoms with Crippen molar-refractivity contribution in [1.82, 2.24) is 0 Å². The number of fused-ring (bicyclic) bond motifs is 1. The molecule has 4 nitrogen and oxygen atoms in total. The highest BCUT2D eigenvalue weighted by Crippen LogP contribution is 2.36. The summed E-state index contributed by atoms with van der Waals surface area (Å²) in [6, 6.07) is 7.46.